The van der Waals surface area contributed by atoms with Crippen molar-refractivity contribution >= 4 is 22.5 Å². The van der Waals surface area contributed by atoms with Gasteiger partial charge in [0, 0.05) is 23.6 Å². The molecule has 0 saturated carbocycles. The summed E-state index contributed by atoms with van der Waals surface area (Å²) in [4.78, 5) is 22.0. The van der Waals surface area contributed by atoms with Crippen molar-refractivity contribution in [2.24, 2.45) is 0 Å². The first kappa shape index (κ1) is 24.9. The number of hydrogen-bond donors (Lipinski definition) is 2. The number of para-hydroxylation sites is 2. The van der Waals surface area contributed by atoms with Gasteiger partial charge >= 0.3 is 0 Å². The monoisotopic (exact) mass is 383 g/mol. The van der Waals surface area contributed by atoms with Gasteiger partial charge in [-0.3, -0.25) is 9.59 Å². The molecule has 4 rings (SSSR count). The zero-order valence-electron chi connectivity index (χ0n) is 16.5. The fourth-order valence-corrected chi connectivity index (χ4v) is 2.53. The van der Waals surface area contributed by atoms with Gasteiger partial charge in [0.1, 0.15) is 0 Å². The third kappa shape index (κ3) is 6.58. The van der Waals surface area contributed by atoms with Gasteiger partial charge in [-0.2, -0.15) is 0 Å². The highest BCUT2D eigenvalue weighted by Gasteiger charge is 2.12. The Kier molecular flexibility index (Phi) is 11.7. The average Bonchev–Trinajstić information content (AvgIpc) is 2.74. The number of anilines is 1. The lowest BCUT2D eigenvalue weighted by atomic mass is 10.0. The number of benzene rings is 2. The molecule has 28 heavy (non-hydrogen) atoms. The van der Waals surface area contributed by atoms with Crippen molar-refractivity contribution in [2.75, 3.05) is 11.2 Å². The molecule has 3 aromatic rings. The van der Waals surface area contributed by atoms with E-state index in [9.17, 15) is 9.59 Å². The highest BCUT2D eigenvalue weighted by atomic mass is 16.1. The standard InChI is InChI=1S/C9H8N2O.C9H9NO.2C2H6.CH4/c10-11-8-4-2-1-3-7(8)5-6-9(11)12;11-9-6-5-7-3-1-2-4-8(7)10-9;2*1-2;/h1-6H,10H2;1-4H,5-6H2,(H,10,11);2*1-2H3;1H4. The number of nitrogens with one attached hydrogen (secondary N) is 1. The smallest absolute Gasteiger partial charge is 0.269 e. The summed E-state index contributed by atoms with van der Waals surface area (Å²) in [6.07, 6.45) is 1.50. The molecule has 152 valence electrons. The van der Waals surface area contributed by atoms with Crippen LogP contribution in [0.3, 0.4) is 0 Å². The maximum atomic E-state index is 11.1. The number of nitrogens with two attached hydrogens (primary N) is 1. The molecule has 0 saturated heterocycles. The third-order valence-corrected chi connectivity index (χ3v) is 3.75. The molecule has 0 atom stereocenters. The van der Waals surface area contributed by atoms with Crippen LogP contribution in [-0.2, 0) is 11.2 Å². The topological polar surface area (TPSA) is 77.1 Å². The van der Waals surface area contributed by atoms with E-state index in [0.29, 0.717) is 6.42 Å². The minimum absolute atomic E-state index is 0. The number of nitrogens with zero attached hydrogens (tertiary/aromatic N) is 1. The number of aryl methyl sites for hydroxylation is 1. The summed E-state index contributed by atoms with van der Waals surface area (Å²) in [5.74, 6) is 5.65. The summed E-state index contributed by atoms with van der Waals surface area (Å²) in [6.45, 7) is 8.00. The predicted molar refractivity (Wildman–Crippen MR) is 121 cm³/mol. The summed E-state index contributed by atoms with van der Waals surface area (Å²) >= 11 is 0. The van der Waals surface area contributed by atoms with Crippen LogP contribution >= 0.6 is 0 Å². The zero-order chi connectivity index (χ0) is 20.2. The lowest BCUT2D eigenvalue weighted by Gasteiger charge is -2.15. The Balaban J connectivity index is 0.000000431. The van der Waals surface area contributed by atoms with Crippen LogP contribution in [0.1, 0.15) is 47.1 Å². The van der Waals surface area contributed by atoms with Gasteiger partial charge in [-0.1, -0.05) is 71.5 Å². The Labute approximate surface area is 168 Å². The first-order chi connectivity index (χ1) is 13.1. The van der Waals surface area contributed by atoms with Crippen LogP contribution in [0.2, 0.25) is 0 Å². The third-order valence-electron chi connectivity index (χ3n) is 3.75. The number of aromatic nitrogens is 1. The molecule has 0 fully saturated rings. The molecule has 1 amide bonds. The molecule has 0 aliphatic carbocycles. The van der Waals surface area contributed by atoms with Crippen LogP contribution in [0, 0.1) is 0 Å². The van der Waals surface area contributed by atoms with Gasteiger partial charge in [0.25, 0.3) is 5.56 Å². The normalized spacial score (nSPS) is 10.9. The van der Waals surface area contributed by atoms with E-state index >= 15 is 0 Å². The Hall–Kier alpha value is -3.08. The highest BCUT2D eigenvalue weighted by molar-refractivity contribution is 5.93. The molecule has 5 nitrogen and oxygen atoms in total. The molecule has 1 aromatic heterocycles. The maximum Gasteiger partial charge on any atom is 0.269 e. The summed E-state index contributed by atoms with van der Waals surface area (Å²) in [6, 6.07) is 18.6. The van der Waals surface area contributed by atoms with Crippen molar-refractivity contribution in [1.82, 2.24) is 4.68 Å². The van der Waals surface area contributed by atoms with Crippen LogP contribution in [0.5, 0.6) is 0 Å². The minimum Gasteiger partial charge on any atom is -0.336 e. The molecule has 2 aromatic carbocycles. The van der Waals surface area contributed by atoms with Crippen molar-refractivity contribution in [1.29, 1.82) is 0 Å². The Bertz CT molecular complexity index is 917. The van der Waals surface area contributed by atoms with E-state index in [2.05, 4.69) is 11.4 Å². The van der Waals surface area contributed by atoms with Crippen LogP contribution in [0.15, 0.2) is 65.5 Å². The fourth-order valence-electron chi connectivity index (χ4n) is 2.53. The van der Waals surface area contributed by atoms with Gasteiger partial charge in [-0.15, -0.1) is 0 Å². The molecule has 2 heterocycles. The van der Waals surface area contributed by atoms with E-state index in [4.69, 9.17) is 5.84 Å². The summed E-state index contributed by atoms with van der Waals surface area (Å²) in [5, 5.41) is 3.79. The lowest BCUT2D eigenvalue weighted by molar-refractivity contribution is -0.116. The number of carbonyl (C=O) groups is 1. The SMILES string of the molecule is C.CC.CC.Nn1c(=O)ccc2ccccc21.O=C1CCc2ccccc2N1. The van der Waals surface area contributed by atoms with Gasteiger partial charge in [-0.05, 0) is 30.2 Å². The quantitative estimate of drug-likeness (QED) is 0.538. The van der Waals surface area contributed by atoms with Crippen molar-refractivity contribution in [3.63, 3.8) is 0 Å². The average molecular weight is 384 g/mol. The molecule has 1 aliphatic rings. The van der Waals surface area contributed by atoms with Gasteiger partial charge in [0.2, 0.25) is 5.91 Å². The number of amides is 1. The summed E-state index contributed by atoms with van der Waals surface area (Å²) in [7, 11) is 0. The second-order valence-corrected chi connectivity index (χ2v) is 5.31. The Morgan fingerprint density at radius 2 is 1.43 bits per heavy atom. The maximum absolute atomic E-state index is 11.1. The molecule has 0 spiro atoms. The van der Waals surface area contributed by atoms with Crippen molar-refractivity contribution in [3.05, 3.63) is 76.6 Å². The highest BCUT2D eigenvalue weighted by Crippen LogP contribution is 2.20. The summed E-state index contributed by atoms with van der Waals surface area (Å²) in [5.41, 5.74) is 2.79. The lowest BCUT2D eigenvalue weighted by Crippen LogP contribution is -2.26. The van der Waals surface area contributed by atoms with E-state index in [-0.39, 0.29) is 18.9 Å². The Morgan fingerprint density at radius 3 is 2.14 bits per heavy atom. The molecular formula is C23H33N3O2. The van der Waals surface area contributed by atoms with Gasteiger partial charge in [0.05, 0.1) is 5.52 Å². The summed E-state index contributed by atoms with van der Waals surface area (Å²) < 4.78 is 1.15. The number of fused-ring (bicyclic) bond motifs is 2. The van der Waals surface area contributed by atoms with Crippen LogP contribution in [0.25, 0.3) is 10.9 Å². The number of pyridine rings is 1. The van der Waals surface area contributed by atoms with Crippen LogP contribution in [0.4, 0.5) is 5.69 Å². The number of hydrogen-bond acceptors (Lipinski definition) is 3. The van der Waals surface area contributed by atoms with Crippen LogP contribution in [-0.4, -0.2) is 10.6 Å². The van der Waals surface area contributed by atoms with E-state index in [1.54, 1.807) is 6.07 Å². The molecule has 0 bridgehead atoms. The van der Waals surface area contributed by atoms with E-state index in [0.717, 1.165) is 27.7 Å². The number of carbonyl (C=O) groups excluding carboxylic acids is 1. The van der Waals surface area contributed by atoms with Gasteiger partial charge in [-0.25, -0.2) is 4.68 Å². The van der Waals surface area contributed by atoms with E-state index in [1.165, 1.54) is 11.6 Å². The fraction of sp³-hybridized carbons (Fsp3) is 0.304. The van der Waals surface area contributed by atoms with Gasteiger partial charge in [0.15, 0.2) is 0 Å². The molecule has 0 radical (unpaired) electrons. The molecule has 5 heteroatoms. The number of nitrogen functional groups attached to an aromatic ring is 1. The van der Waals surface area contributed by atoms with Crippen molar-refractivity contribution in [2.45, 2.75) is 48.0 Å². The molecular weight excluding hydrogens is 350 g/mol. The largest absolute Gasteiger partial charge is 0.336 e. The van der Waals surface area contributed by atoms with Gasteiger partial charge < -0.3 is 11.2 Å². The first-order valence-corrected chi connectivity index (χ1v) is 9.39. The molecule has 1 aliphatic heterocycles. The molecule has 3 N–H and O–H groups in total. The zero-order valence-corrected chi connectivity index (χ0v) is 16.5. The predicted octanol–water partition coefficient (Wildman–Crippen LogP) is 4.98. The first-order valence-electron chi connectivity index (χ1n) is 9.39. The van der Waals surface area contributed by atoms with Crippen LogP contribution < -0.4 is 16.7 Å². The number of rotatable bonds is 0. The minimum atomic E-state index is -0.186. The van der Waals surface area contributed by atoms with E-state index in [1.807, 2.05) is 70.2 Å². The van der Waals surface area contributed by atoms with E-state index < -0.39 is 0 Å². The molecule has 0 unspecified atom stereocenters. The Morgan fingerprint density at radius 1 is 0.821 bits per heavy atom. The second-order valence-electron chi connectivity index (χ2n) is 5.31. The van der Waals surface area contributed by atoms with Crippen molar-refractivity contribution in [3.8, 4) is 0 Å². The second kappa shape index (κ2) is 13.1. The van der Waals surface area contributed by atoms with Crippen molar-refractivity contribution < 1.29 is 4.79 Å².